The lowest BCUT2D eigenvalue weighted by Gasteiger charge is -2.10. The first kappa shape index (κ1) is 15.4. The van der Waals surface area contributed by atoms with Gasteiger partial charge in [0.1, 0.15) is 0 Å². The molecule has 0 aliphatic heterocycles. The van der Waals surface area contributed by atoms with Gasteiger partial charge in [0.2, 0.25) is 0 Å². The maximum Gasteiger partial charge on any atom is 0.261 e. The summed E-state index contributed by atoms with van der Waals surface area (Å²) in [6.07, 6.45) is 0. The molecule has 112 valence electrons. The second kappa shape index (κ2) is 5.79. The molecule has 21 heavy (non-hydrogen) atoms. The van der Waals surface area contributed by atoms with Gasteiger partial charge in [0.05, 0.1) is 28.4 Å². The maximum atomic E-state index is 13.5. The molecule has 5 nitrogen and oxygen atoms in total. The Morgan fingerprint density at radius 2 is 1.95 bits per heavy atom. The molecule has 3 N–H and O–H groups in total. The standard InChI is InChI=1S/C13H12ClFN2O3S/c1-20-13-5-2-8(6-11(13)15)17-21(18,19)9-3-4-10(14)12(16)7-9/h2-7,17H,16H2,1H3. The third-order valence-corrected chi connectivity index (χ3v) is 4.40. The van der Waals surface area contributed by atoms with Gasteiger partial charge >= 0.3 is 0 Å². The third kappa shape index (κ3) is 3.37. The van der Waals surface area contributed by atoms with E-state index in [9.17, 15) is 12.8 Å². The van der Waals surface area contributed by atoms with Gasteiger partial charge < -0.3 is 10.5 Å². The minimum Gasteiger partial charge on any atom is -0.494 e. The highest BCUT2D eigenvalue weighted by Crippen LogP contribution is 2.25. The molecule has 0 aromatic heterocycles. The molecule has 0 atom stereocenters. The number of rotatable bonds is 4. The normalized spacial score (nSPS) is 11.2. The summed E-state index contributed by atoms with van der Waals surface area (Å²) in [4.78, 5) is -0.0689. The highest BCUT2D eigenvalue weighted by molar-refractivity contribution is 7.92. The van der Waals surface area contributed by atoms with Crippen LogP contribution in [0.15, 0.2) is 41.3 Å². The van der Waals surface area contributed by atoms with E-state index in [0.717, 1.165) is 6.07 Å². The SMILES string of the molecule is COc1ccc(NS(=O)(=O)c2ccc(Cl)c(N)c2)cc1F. The highest BCUT2D eigenvalue weighted by Gasteiger charge is 2.16. The van der Waals surface area contributed by atoms with Crippen molar-refractivity contribution < 1.29 is 17.5 Å². The van der Waals surface area contributed by atoms with E-state index in [1.807, 2.05) is 0 Å². The third-order valence-electron chi connectivity index (χ3n) is 2.68. The van der Waals surface area contributed by atoms with Gasteiger partial charge in [-0.1, -0.05) is 11.6 Å². The summed E-state index contributed by atoms with van der Waals surface area (Å²) in [7, 11) is -2.57. The van der Waals surface area contributed by atoms with Gasteiger partial charge in [0.15, 0.2) is 11.6 Å². The van der Waals surface area contributed by atoms with Crippen LogP contribution in [0.1, 0.15) is 0 Å². The zero-order valence-corrected chi connectivity index (χ0v) is 12.5. The van der Waals surface area contributed by atoms with Crippen LogP contribution in [0.5, 0.6) is 5.75 Å². The van der Waals surface area contributed by atoms with Crippen LogP contribution >= 0.6 is 11.6 Å². The van der Waals surface area contributed by atoms with Crippen LogP contribution < -0.4 is 15.2 Å². The van der Waals surface area contributed by atoms with Gasteiger partial charge in [-0.3, -0.25) is 4.72 Å². The van der Waals surface area contributed by atoms with Gasteiger partial charge in [-0.2, -0.15) is 0 Å². The topological polar surface area (TPSA) is 81.4 Å². The number of sulfonamides is 1. The maximum absolute atomic E-state index is 13.5. The molecule has 0 fully saturated rings. The second-order valence-electron chi connectivity index (χ2n) is 4.14. The number of hydrogen-bond acceptors (Lipinski definition) is 4. The predicted octanol–water partition coefficient (Wildman–Crippen LogP) is 2.87. The lowest BCUT2D eigenvalue weighted by molar-refractivity contribution is 0.386. The number of benzene rings is 2. The number of anilines is 2. The van der Waals surface area contributed by atoms with Crippen molar-refractivity contribution in [1.82, 2.24) is 0 Å². The van der Waals surface area contributed by atoms with Crippen LogP contribution in [0.2, 0.25) is 5.02 Å². The first-order valence-electron chi connectivity index (χ1n) is 5.75. The zero-order valence-electron chi connectivity index (χ0n) is 10.9. The fourth-order valence-corrected chi connectivity index (χ4v) is 2.83. The van der Waals surface area contributed by atoms with Crippen molar-refractivity contribution in [2.75, 3.05) is 17.6 Å². The quantitative estimate of drug-likeness (QED) is 0.845. The Kier molecular flexibility index (Phi) is 4.24. The molecule has 0 aliphatic carbocycles. The van der Waals surface area contributed by atoms with Crippen LogP contribution in [-0.4, -0.2) is 15.5 Å². The van der Waals surface area contributed by atoms with Crippen LogP contribution in [0.25, 0.3) is 0 Å². The Morgan fingerprint density at radius 1 is 1.24 bits per heavy atom. The van der Waals surface area contributed by atoms with E-state index in [-0.39, 0.29) is 27.0 Å². The van der Waals surface area contributed by atoms with Crippen LogP contribution in [0, 0.1) is 5.82 Å². The van der Waals surface area contributed by atoms with Crippen LogP contribution in [-0.2, 0) is 10.0 Å². The fourth-order valence-electron chi connectivity index (χ4n) is 1.63. The molecule has 0 amide bonds. The molecule has 0 heterocycles. The number of hydrogen-bond donors (Lipinski definition) is 2. The summed E-state index contributed by atoms with van der Waals surface area (Å²) in [5.74, 6) is -0.651. The number of nitrogen functional groups attached to an aromatic ring is 1. The number of nitrogens with one attached hydrogen (secondary N) is 1. The van der Waals surface area contributed by atoms with Crippen molar-refractivity contribution in [3.63, 3.8) is 0 Å². The Hall–Kier alpha value is -1.99. The molecule has 8 heteroatoms. The molecule has 2 rings (SSSR count). The van der Waals surface area contributed by atoms with Crippen molar-refractivity contribution in [1.29, 1.82) is 0 Å². The number of methoxy groups -OCH3 is 1. The minimum absolute atomic E-state index is 0.0219. The Bertz CT molecular complexity index is 781. The number of nitrogens with two attached hydrogens (primary N) is 1. The summed E-state index contributed by atoms with van der Waals surface area (Å²) in [5, 5.41) is 0.254. The number of ether oxygens (including phenoxy) is 1. The van der Waals surface area contributed by atoms with E-state index < -0.39 is 15.8 Å². The average Bonchev–Trinajstić information content (AvgIpc) is 2.41. The van der Waals surface area contributed by atoms with Crippen LogP contribution in [0.3, 0.4) is 0 Å². The van der Waals surface area contributed by atoms with Gasteiger partial charge in [-0.25, -0.2) is 12.8 Å². The Morgan fingerprint density at radius 3 is 2.52 bits per heavy atom. The summed E-state index contributed by atoms with van der Waals surface area (Å²) in [6, 6.07) is 7.64. The lowest BCUT2D eigenvalue weighted by atomic mass is 10.3. The zero-order chi connectivity index (χ0) is 15.6. The van der Waals surface area contributed by atoms with E-state index >= 15 is 0 Å². The largest absolute Gasteiger partial charge is 0.494 e. The fraction of sp³-hybridized carbons (Fsp3) is 0.0769. The van der Waals surface area contributed by atoms with Gasteiger partial charge in [-0.15, -0.1) is 0 Å². The molecule has 0 saturated carbocycles. The average molecular weight is 331 g/mol. The van der Waals surface area contributed by atoms with Crippen LogP contribution in [0.4, 0.5) is 15.8 Å². The highest BCUT2D eigenvalue weighted by atomic mass is 35.5. The minimum atomic E-state index is -3.89. The van der Waals surface area contributed by atoms with Crippen molar-refractivity contribution in [2.45, 2.75) is 4.90 Å². The molecule has 0 radical (unpaired) electrons. The molecule has 0 bridgehead atoms. The second-order valence-corrected chi connectivity index (χ2v) is 6.23. The van der Waals surface area contributed by atoms with E-state index in [0.29, 0.717) is 0 Å². The van der Waals surface area contributed by atoms with E-state index in [2.05, 4.69) is 4.72 Å². The van der Waals surface area contributed by atoms with E-state index in [4.69, 9.17) is 22.1 Å². The van der Waals surface area contributed by atoms with Crippen molar-refractivity contribution in [2.24, 2.45) is 0 Å². The van der Waals surface area contributed by atoms with Crippen molar-refractivity contribution in [3.05, 3.63) is 47.2 Å². The van der Waals surface area contributed by atoms with E-state index in [1.165, 1.54) is 37.4 Å². The predicted molar refractivity (Wildman–Crippen MR) is 79.6 cm³/mol. The molecule has 0 spiro atoms. The van der Waals surface area contributed by atoms with Gasteiger partial charge in [0.25, 0.3) is 10.0 Å². The van der Waals surface area contributed by atoms with Crippen molar-refractivity contribution >= 4 is 33.0 Å². The molecule has 2 aromatic rings. The van der Waals surface area contributed by atoms with Gasteiger partial charge in [0, 0.05) is 6.07 Å². The first-order chi connectivity index (χ1) is 9.83. The summed E-state index contributed by atoms with van der Waals surface area (Å²) in [6.45, 7) is 0. The monoisotopic (exact) mass is 330 g/mol. The Balaban J connectivity index is 2.32. The van der Waals surface area contributed by atoms with Gasteiger partial charge in [-0.05, 0) is 30.3 Å². The molecule has 2 aromatic carbocycles. The molecular weight excluding hydrogens is 319 g/mol. The lowest BCUT2D eigenvalue weighted by Crippen LogP contribution is -2.13. The summed E-state index contributed by atoms with van der Waals surface area (Å²) < 4.78 is 44.9. The van der Waals surface area contributed by atoms with Crippen molar-refractivity contribution in [3.8, 4) is 5.75 Å². The molecular formula is C13H12ClFN2O3S. The van der Waals surface area contributed by atoms with E-state index in [1.54, 1.807) is 0 Å². The first-order valence-corrected chi connectivity index (χ1v) is 7.61. The summed E-state index contributed by atoms with van der Waals surface area (Å²) >= 11 is 5.74. The Labute approximate surface area is 126 Å². The number of halogens is 2. The smallest absolute Gasteiger partial charge is 0.261 e. The molecule has 0 aliphatic rings. The summed E-state index contributed by atoms with van der Waals surface area (Å²) in [5.41, 5.74) is 5.78. The molecule has 0 saturated heterocycles. The molecule has 0 unspecified atom stereocenters.